The van der Waals surface area contributed by atoms with Crippen LogP contribution in [0.2, 0.25) is 0 Å². The van der Waals surface area contributed by atoms with Crippen LogP contribution in [0.25, 0.3) is 10.2 Å². The lowest BCUT2D eigenvalue weighted by atomic mass is 10.1. The van der Waals surface area contributed by atoms with E-state index in [0.29, 0.717) is 47.2 Å². The lowest BCUT2D eigenvalue weighted by molar-refractivity contribution is 0.103. The van der Waals surface area contributed by atoms with E-state index in [0.717, 1.165) is 20.7 Å². The molecule has 0 radical (unpaired) electrons. The Hall–Kier alpha value is -2.52. The Labute approximate surface area is 170 Å². The van der Waals surface area contributed by atoms with E-state index in [1.54, 1.807) is 11.8 Å². The number of aromatic nitrogens is 2. The Morgan fingerprint density at radius 3 is 2.89 bits per heavy atom. The first-order chi connectivity index (χ1) is 13.6. The Kier molecular flexibility index (Phi) is 5.27. The molecule has 0 fully saturated rings. The van der Waals surface area contributed by atoms with Crippen molar-refractivity contribution >= 4 is 39.4 Å². The van der Waals surface area contributed by atoms with E-state index >= 15 is 0 Å². The van der Waals surface area contributed by atoms with Gasteiger partial charge in [-0.25, -0.2) is 14.5 Å². The van der Waals surface area contributed by atoms with Crippen LogP contribution >= 0.6 is 23.1 Å². The fraction of sp³-hybridized carbons (Fsp3) is 0.316. The molecular formula is C19H20N4O3S2. The molecule has 2 N–H and O–H groups in total. The summed E-state index contributed by atoms with van der Waals surface area (Å²) < 4.78 is 6.23. The number of thiophene rings is 1. The third-order valence-electron chi connectivity index (χ3n) is 4.61. The summed E-state index contributed by atoms with van der Waals surface area (Å²) in [6, 6.07) is 9.97. The van der Waals surface area contributed by atoms with Crippen molar-refractivity contribution in [3.05, 3.63) is 56.7 Å². The van der Waals surface area contributed by atoms with Crippen LogP contribution in [0.4, 0.5) is 4.79 Å². The molecule has 0 spiro atoms. The van der Waals surface area contributed by atoms with Crippen molar-refractivity contribution in [3.63, 3.8) is 0 Å². The van der Waals surface area contributed by atoms with E-state index in [9.17, 15) is 9.59 Å². The summed E-state index contributed by atoms with van der Waals surface area (Å²) in [6.07, 6.45) is 0.274. The fourth-order valence-electron chi connectivity index (χ4n) is 3.23. The van der Waals surface area contributed by atoms with Crippen LogP contribution in [-0.2, 0) is 23.5 Å². The maximum absolute atomic E-state index is 12.9. The topological polar surface area (TPSA) is 90.4 Å². The minimum Gasteiger partial charge on any atom is -0.450 e. The summed E-state index contributed by atoms with van der Waals surface area (Å²) in [6.45, 7) is 3.09. The minimum atomic E-state index is -0.325. The Morgan fingerprint density at radius 2 is 2.14 bits per heavy atom. The van der Waals surface area contributed by atoms with Crippen molar-refractivity contribution in [3.8, 4) is 0 Å². The number of rotatable bonds is 4. The zero-order valence-corrected chi connectivity index (χ0v) is 17.0. The molecule has 4 rings (SSSR count). The van der Waals surface area contributed by atoms with E-state index in [1.807, 2.05) is 30.3 Å². The number of ether oxygens (including phenoxy) is 1. The summed E-state index contributed by atoms with van der Waals surface area (Å²) >= 11 is 2.89. The first-order valence-corrected chi connectivity index (χ1v) is 10.8. The number of fused-ring (bicyclic) bond motifs is 3. The molecule has 7 nitrogen and oxygen atoms in total. The molecular weight excluding hydrogens is 396 g/mol. The number of nitrogens with zero attached hydrogens (tertiary/aromatic N) is 3. The number of thioether (sulfide) groups is 1. The number of benzene rings is 1. The first-order valence-electron chi connectivity index (χ1n) is 8.99. The Morgan fingerprint density at radius 1 is 1.36 bits per heavy atom. The molecule has 0 aliphatic carbocycles. The molecule has 3 heterocycles. The van der Waals surface area contributed by atoms with Gasteiger partial charge in [-0.3, -0.25) is 4.79 Å². The van der Waals surface area contributed by atoms with E-state index in [4.69, 9.17) is 10.6 Å². The van der Waals surface area contributed by atoms with E-state index < -0.39 is 0 Å². The van der Waals surface area contributed by atoms with Gasteiger partial charge in [0.05, 0.1) is 18.5 Å². The zero-order chi connectivity index (χ0) is 19.7. The fourth-order valence-corrected chi connectivity index (χ4v) is 5.38. The zero-order valence-electron chi connectivity index (χ0n) is 15.4. The van der Waals surface area contributed by atoms with Gasteiger partial charge in [0.15, 0.2) is 5.16 Å². The highest BCUT2D eigenvalue weighted by Crippen LogP contribution is 2.33. The van der Waals surface area contributed by atoms with Gasteiger partial charge < -0.3 is 15.5 Å². The quantitative estimate of drug-likeness (QED) is 0.399. The second-order valence-corrected chi connectivity index (χ2v) is 8.42. The first kappa shape index (κ1) is 18.8. The number of carbonyl (C=O) groups excluding carboxylic acids is 1. The van der Waals surface area contributed by atoms with Crippen LogP contribution in [0.15, 0.2) is 40.3 Å². The molecule has 0 atom stereocenters. The molecule has 9 heteroatoms. The van der Waals surface area contributed by atoms with Gasteiger partial charge in [-0.15, -0.1) is 11.3 Å². The summed E-state index contributed by atoms with van der Waals surface area (Å²) in [5.41, 5.74) is 1.86. The van der Waals surface area contributed by atoms with E-state index in [1.165, 1.54) is 23.1 Å². The Bertz CT molecular complexity index is 1080. The van der Waals surface area contributed by atoms with Gasteiger partial charge in [0.1, 0.15) is 4.83 Å². The van der Waals surface area contributed by atoms with E-state index in [-0.39, 0.29) is 11.7 Å². The molecule has 0 saturated heterocycles. The monoisotopic (exact) mass is 416 g/mol. The molecule has 1 amide bonds. The second kappa shape index (κ2) is 7.84. The third-order valence-corrected chi connectivity index (χ3v) is 6.75. The van der Waals surface area contributed by atoms with E-state index in [2.05, 4.69) is 4.98 Å². The lowest BCUT2D eigenvalue weighted by Gasteiger charge is -2.25. The molecule has 1 aromatic carbocycles. The third kappa shape index (κ3) is 3.47. The Balaban J connectivity index is 1.64. The van der Waals surface area contributed by atoms with Gasteiger partial charge in [-0.2, -0.15) is 0 Å². The standard InChI is InChI=1S/C19H20N4O3S2/c1-2-26-19(25)22-9-8-13-14(10-22)28-16-15(13)17(24)23(20)18(21-16)27-11-12-6-4-3-5-7-12/h3-7H,2,8-11,20H2,1H3. The highest BCUT2D eigenvalue weighted by molar-refractivity contribution is 7.98. The maximum atomic E-state index is 12.9. The molecule has 0 saturated carbocycles. The smallest absolute Gasteiger partial charge is 0.410 e. The molecule has 1 aliphatic heterocycles. The molecule has 28 heavy (non-hydrogen) atoms. The van der Waals surface area contributed by atoms with Gasteiger partial charge in [-0.1, -0.05) is 42.1 Å². The minimum absolute atomic E-state index is 0.234. The van der Waals surface area contributed by atoms with Crippen molar-refractivity contribution in [1.29, 1.82) is 0 Å². The molecule has 146 valence electrons. The predicted molar refractivity (Wildman–Crippen MR) is 111 cm³/mol. The second-order valence-electron chi connectivity index (χ2n) is 6.40. The average molecular weight is 417 g/mol. The SMILES string of the molecule is CCOC(=O)N1CCc2c(sc3nc(SCc4ccccc4)n(N)c(=O)c23)C1. The van der Waals surface area contributed by atoms with Gasteiger partial charge in [0, 0.05) is 17.2 Å². The number of nitrogens with two attached hydrogens (primary N) is 1. The number of hydrogen-bond donors (Lipinski definition) is 1. The van der Waals surface area contributed by atoms with Crippen molar-refractivity contribution < 1.29 is 9.53 Å². The summed E-state index contributed by atoms with van der Waals surface area (Å²) in [7, 11) is 0. The van der Waals surface area contributed by atoms with Gasteiger partial charge in [0.25, 0.3) is 5.56 Å². The van der Waals surface area contributed by atoms with Crippen molar-refractivity contribution in [2.75, 3.05) is 19.0 Å². The summed E-state index contributed by atoms with van der Waals surface area (Å²) in [4.78, 5) is 32.9. The van der Waals surface area contributed by atoms with Crippen LogP contribution in [0, 0.1) is 0 Å². The summed E-state index contributed by atoms with van der Waals surface area (Å²) in [5, 5.41) is 1.07. The molecule has 1 aliphatic rings. The normalized spacial score (nSPS) is 13.5. The number of nitrogen functional groups attached to an aromatic ring is 1. The molecule has 0 bridgehead atoms. The van der Waals surface area contributed by atoms with Crippen LogP contribution in [-0.4, -0.2) is 33.8 Å². The van der Waals surface area contributed by atoms with Gasteiger partial charge >= 0.3 is 6.09 Å². The van der Waals surface area contributed by atoms with Crippen LogP contribution in [0.5, 0.6) is 0 Å². The maximum Gasteiger partial charge on any atom is 0.410 e. The summed E-state index contributed by atoms with van der Waals surface area (Å²) in [5.74, 6) is 6.74. The van der Waals surface area contributed by atoms with Gasteiger partial charge in [0.2, 0.25) is 0 Å². The molecule has 3 aromatic rings. The van der Waals surface area contributed by atoms with Gasteiger partial charge in [-0.05, 0) is 24.5 Å². The number of carbonyl (C=O) groups is 1. The molecule has 0 unspecified atom stereocenters. The van der Waals surface area contributed by atoms with Crippen molar-refractivity contribution in [1.82, 2.24) is 14.6 Å². The lowest BCUT2D eigenvalue weighted by Crippen LogP contribution is -2.36. The van der Waals surface area contributed by atoms with Crippen molar-refractivity contribution in [2.24, 2.45) is 0 Å². The van der Waals surface area contributed by atoms with Crippen LogP contribution in [0.3, 0.4) is 0 Å². The van der Waals surface area contributed by atoms with Crippen LogP contribution in [0.1, 0.15) is 22.9 Å². The largest absolute Gasteiger partial charge is 0.450 e. The number of amides is 1. The highest BCUT2D eigenvalue weighted by Gasteiger charge is 2.27. The average Bonchev–Trinajstić information content (AvgIpc) is 3.08. The predicted octanol–water partition coefficient (Wildman–Crippen LogP) is 2.98. The number of hydrogen-bond acceptors (Lipinski definition) is 7. The highest BCUT2D eigenvalue weighted by atomic mass is 32.2. The van der Waals surface area contributed by atoms with Crippen molar-refractivity contribution in [2.45, 2.75) is 30.8 Å². The molecule has 2 aromatic heterocycles. The van der Waals surface area contributed by atoms with Crippen LogP contribution < -0.4 is 11.4 Å².